The van der Waals surface area contributed by atoms with Crippen molar-refractivity contribution in [1.82, 2.24) is 0 Å². The third-order valence-corrected chi connectivity index (χ3v) is 6.48. The Bertz CT molecular complexity index is 864. The molecule has 0 bridgehead atoms. The van der Waals surface area contributed by atoms with Gasteiger partial charge in [-0.3, -0.25) is 0 Å². The van der Waals surface area contributed by atoms with Gasteiger partial charge >= 0.3 is 0 Å². The van der Waals surface area contributed by atoms with Crippen molar-refractivity contribution in [2.45, 2.75) is 124 Å². The van der Waals surface area contributed by atoms with Crippen LogP contribution in [-0.2, 0) is 21.7 Å². The maximum atomic E-state index is 2.55. The Morgan fingerprint density at radius 2 is 1.00 bits per heavy atom. The van der Waals surface area contributed by atoms with Gasteiger partial charge < -0.3 is 0 Å². The fourth-order valence-corrected chi connectivity index (χ4v) is 4.98. The van der Waals surface area contributed by atoms with Gasteiger partial charge in [0.2, 0.25) is 0 Å². The third kappa shape index (κ3) is 5.63. The molecule has 0 saturated carbocycles. The van der Waals surface area contributed by atoms with E-state index in [1.54, 1.807) is 0 Å². The van der Waals surface area contributed by atoms with Gasteiger partial charge in [-0.05, 0) is 61.5 Å². The second-order valence-corrected chi connectivity index (χ2v) is 13.5. The van der Waals surface area contributed by atoms with Gasteiger partial charge in [0, 0.05) is 5.92 Å². The highest BCUT2D eigenvalue weighted by Gasteiger charge is 2.33. The molecule has 0 N–H and O–H groups in total. The lowest BCUT2D eigenvalue weighted by Gasteiger charge is -2.38. The van der Waals surface area contributed by atoms with Gasteiger partial charge in [-0.15, -0.1) is 0 Å². The van der Waals surface area contributed by atoms with Crippen LogP contribution in [-0.4, -0.2) is 0 Å². The van der Waals surface area contributed by atoms with Crippen LogP contribution in [0.4, 0.5) is 0 Å². The van der Waals surface area contributed by atoms with Crippen molar-refractivity contribution in [3.8, 4) is 0 Å². The molecule has 2 aromatic carbocycles. The Balaban J connectivity index is 2.93. The molecule has 0 aliphatic carbocycles. The van der Waals surface area contributed by atoms with E-state index in [2.05, 4.69) is 126 Å². The van der Waals surface area contributed by atoms with E-state index in [9.17, 15) is 0 Å². The van der Waals surface area contributed by atoms with Crippen molar-refractivity contribution < 1.29 is 0 Å². The zero-order valence-electron chi connectivity index (χ0n) is 22.7. The fraction of sp³-hybridized carbons (Fsp3) is 0.613. The molecule has 0 amide bonds. The summed E-state index contributed by atoms with van der Waals surface area (Å²) in [6.45, 7) is 30.7. The Kier molecular flexibility index (Phi) is 6.98. The molecule has 1 atom stereocenters. The number of rotatable bonds is 3. The van der Waals surface area contributed by atoms with Crippen LogP contribution in [0.1, 0.15) is 136 Å². The van der Waals surface area contributed by atoms with Crippen LogP contribution >= 0.6 is 0 Å². The molecule has 31 heavy (non-hydrogen) atoms. The Hall–Kier alpha value is -1.56. The van der Waals surface area contributed by atoms with E-state index in [0.717, 1.165) is 6.42 Å². The monoisotopic (exact) mass is 420 g/mol. The van der Waals surface area contributed by atoms with Gasteiger partial charge in [-0.2, -0.15) is 0 Å². The summed E-state index contributed by atoms with van der Waals surface area (Å²) in [4.78, 5) is 0. The van der Waals surface area contributed by atoms with Crippen LogP contribution in [0.25, 0.3) is 0 Å². The molecule has 1 unspecified atom stereocenters. The van der Waals surface area contributed by atoms with E-state index < -0.39 is 0 Å². The predicted octanol–water partition coefficient (Wildman–Crippen LogP) is 9.42. The lowest BCUT2D eigenvalue weighted by molar-refractivity contribution is 0.495. The Morgan fingerprint density at radius 1 is 0.581 bits per heavy atom. The topological polar surface area (TPSA) is 0 Å². The largest absolute Gasteiger partial charge is 0.0645 e. The van der Waals surface area contributed by atoms with E-state index in [-0.39, 0.29) is 21.7 Å². The molecule has 0 heteroatoms. The Morgan fingerprint density at radius 3 is 1.35 bits per heavy atom. The van der Waals surface area contributed by atoms with E-state index in [4.69, 9.17) is 0 Å². The third-order valence-electron chi connectivity index (χ3n) is 6.48. The molecular formula is C31H48. The number of hydrogen-bond acceptors (Lipinski definition) is 0. The highest BCUT2D eigenvalue weighted by molar-refractivity contribution is 5.52. The second kappa shape index (κ2) is 8.42. The first-order chi connectivity index (χ1) is 13.9. The van der Waals surface area contributed by atoms with E-state index in [1.165, 1.54) is 33.4 Å². The summed E-state index contributed by atoms with van der Waals surface area (Å²) in [6.07, 6.45) is 1.11. The second-order valence-electron chi connectivity index (χ2n) is 13.5. The molecule has 0 saturated heterocycles. The summed E-state index contributed by atoms with van der Waals surface area (Å²) in [7, 11) is 0. The van der Waals surface area contributed by atoms with E-state index in [0.29, 0.717) is 5.92 Å². The van der Waals surface area contributed by atoms with E-state index in [1.807, 2.05) is 0 Å². The van der Waals surface area contributed by atoms with Crippen LogP contribution in [0.15, 0.2) is 36.4 Å². The van der Waals surface area contributed by atoms with Gasteiger partial charge in [0.15, 0.2) is 0 Å². The smallest absolute Gasteiger partial charge is 0.00898 e. The summed E-state index contributed by atoms with van der Waals surface area (Å²) in [5.41, 5.74) is 9.42. The van der Waals surface area contributed by atoms with Gasteiger partial charge in [0.1, 0.15) is 0 Å². The average molecular weight is 421 g/mol. The van der Waals surface area contributed by atoms with Crippen molar-refractivity contribution in [3.05, 3.63) is 69.8 Å². The van der Waals surface area contributed by atoms with Crippen LogP contribution in [0, 0.1) is 0 Å². The quantitative estimate of drug-likeness (QED) is 0.464. The highest BCUT2D eigenvalue weighted by Crippen LogP contribution is 2.44. The molecule has 0 aromatic heterocycles. The molecule has 0 spiro atoms. The molecule has 0 aliphatic heterocycles. The molecule has 0 nitrogen and oxygen atoms in total. The first-order valence-electron chi connectivity index (χ1n) is 12.2. The lowest BCUT2D eigenvalue weighted by Crippen LogP contribution is -2.29. The standard InChI is InChI=1S/C31H48/c1-14-22(23-17-15-16-18-24(23)28(2,3)4)21-19-25(29(5,6)7)27(31(11,12)13)26(20-21)30(8,9)10/h15-20,22H,14H2,1-13H3. The molecule has 2 rings (SSSR count). The molecule has 0 heterocycles. The minimum absolute atomic E-state index is 0.0977. The maximum absolute atomic E-state index is 2.55. The van der Waals surface area contributed by atoms with Crippen molar-refractivity contribution >= 4 is 0 Å². The van der Waals surface area contributed by atoms with Crippen molar-refractivity contribution in [1.29, 1.82) is 0 Å². The van der Waals surface area contributed by atoms with Crippen LogP contribution in [0.2, 0.25) is 0 Å². The van der Waals surface area contributed by atoms with Gasteiger partial charge in [0.05, 0.1) is 0 Å². The van der Waals surface area contributed by atoms with Crippen LogP contribution < -0.4 is 0 Å². The van der Waals surface area contributed by atoms with Gasteiger partial charge in [0.25, 0.3) is 0 Å². The van der Waals surface area contributed by atoms with Gasteiger partial charge in [-0.25, -0.2) is 0 Å². The highest BCUT2D eigenvalue weighted by atomic mass is 14.4. The van der Waals surface area contributed by atoms with Crippen molar-refractivity contribution in [2.75, 3.05) is 0 Å². The van der Waals surface area contributed by atoms with Crippen LogP contribution in [0.3, 0.4) is 0 Å². The predicted molar refractivity (Wildman–Crippen MR) is 140 cm³/mol. The molecule has 0 aliphatic rings. The molecule has 0 fully saturated rings. The maximum Gasteiger partial charge on any atom is 0.00898 e. The molecule has 0 radical (unpaired) electrons. The van der Waals surface area contributed by atoms with Gasteiger partial charge in [-0.1, -0.05) is 126 Å². The number of benzene rings is 2. The fourth-order valence-electron chi connectivity index (χ4n) is 4.98. The van der Waals surface area contributed by atoms with E-state index >= 15 is 0 Å². The Labute approximate surface area is 193 Å². The minimum atomic E-state index is 0.0977. The summed E-state index contributed by atoms with van der Waals surface area (Å²) in [5.74, 6) is 0.409. The molecule has 2 aromatic rings. The first-order valence-corrected chi connectivity index (χ1v) is 12.2. The minimum Gasteiger partial charge on any atom is -0.0645 e. The van der Waals surface area contributed by atoms with Crippen LogP contribution in [0.5, 0.6) is 0 Å². The lowest BCUT2D eigenvalue weighted by atomic mass is 9.66. The summed E-state index contributed by atoms with van der Waals surface area (Å²) < 4.78 is 0. The summed E-state index contributed by atoms with van der Waals surface area (Å²) >= 11 is 0. The summed E-state index contributed by atoms with van der Waals surface area (Å²) in [6, 6.07) is 14.2. The van der Waals surface area contributed by atoms with Crippen molar-refractivity contribution in [2.24, 2.45) is 0 Å². The normalized spacial score (nSPS) is 14.6. The molecular weight excluding hydrogens is 372 g/mol. The van der Waals surface area contributed by atoms with Crippen molar-refractivity contribution in [3.63, 3.8) is 0 Å². The average Bonchev–Trinajstić information content (AvgIpc) is 2.59. The number of hydrogen-bond donors (Lipinski definition) is 0. The zero-order chi connectivity index (χ0) is 24.0. The molecule has 172 valence electrons. The SMILES string of the molecule is CCC(c1cc(C(C)(C)C)c(C(C)(C)C)c(C(C)(C)C)c1)c1ccccc1C(C)(C)C. The zero-order valence-corrected chi connectivity index (χ0v) is 22.7. The summed E-state index contributed by atoms with van der Waals surface area (Å²) in [5, 5.41) is 0. The first kappa shape index (κ1) is 25.7.